The van der Waals surface area contributed by atoms with Crippen LogP contribution in [-0.2, 0) is 4.79 Å². The molecule has 0 bridgehead atoms. The van der Waals surface area contributed by atoms with Gasteiger partial charge in [0.05, 0.1) is 17.8 Å². The van der Waals surface area contributed by atoms with Crippen molar-refractivity contribution in [2.24, 2.45) is 5.10 Å². The number of carbonyl (C=O) groups excluding carboxylic acids is 2. The van der Waals surface area contributed by atoms with Gasteiger partial charge in [0, 0.05) is 11.1 Å². The Morgan fingerprint density at radius 3 is 2.62 bits per heavy atom. The van der Waals surface area contributed by atoms with Crippen LogP contribution >= 0.6 is 11.6 Å². The minimum atomic E-state index is -0.636. The molecule has 8 heteroatoms. The zero-order valence-corrected chi connectivity index (χ0v) is 13.0. The van der Waals surface area contributed by atoms with Crippen LogP contribution in [-0.4, -0.2) is 24.6 Å². The highest BCUT2D eigenvalue weighted by molar-refractivity contribution is 6.33. The maximum atomic E-state index is 13.5. The summed E-state index contributed by atoms with van der Waals surface area (Å²) in [5.74, 6) is -2.38. The van der Waals surface area contributed by atoms with Crippen LogP contribution in [0.4, 0.5) is 8.78 Å². The van der Waals surface area contributed by atoms with Crippen molar-refractivity contribution in [1.82, 2.24) is 10.7 Å². The van der Waals surface area contributed by atoms with Crippen molar-refractivity contribution >= 4 is 29.6 Å². The normalized spacial score (nSPS) is 10.6. The van der Waals surface area contributed by atoms with E-state index in [2.05, 4.69) is 15.8 Å². The van der Waals surface area contributed by atoms with Gasteiger partial charge in [0.1, 0.15) is 11.6 Å². The first kappa shape index (κ1) is 17.6. The Morgan fingerprint density at radius 1 is 1.17 bits per heavy atom. The first-order valence-corrected chi connectivity index (χ1v) is 7.15. The van der Waals surface area contributed by atoms with Gasteiger partial charge in [0.2, 0.25) is 0 Å². The van der Waals surface area contributed by atoms with Crippen molar-refractivity contribution in [2.75, 3.05) is 6.54 Å². The van der Waals surface area contributed by atoms with Gasteiger partial charge in [-0.1, -0.05) is 23.7 Å². The molecule has 0 saturated heterocycles. The third-order valence-corrected chi connectivity index (χ3v) is 3.21. The number of hydrogen-bond acceptors (Lipinski definition) is 3. The molecule has 0 fully saturated rings. The highest BCUT2D eigenvalue weighted by Gasteiger charge is 2.08. The Bertz CT molecular complexity index is 776. The second-order valence-electron chi connectivity index (χ2n) is 4.62. The molecule has 2 aromatic carbocycles. The predicted octanol–water partition coefficient (Wildman–Crippen LogP) is 2.50. The maximum Gasteiger partial charge on any atom is 0.259 e. The molecule has 2 amide bonds. The molecular formula is C16H12ClF2N3O2. The quantitative estimate of drug-likeness (QED) is 0.642. The van der Waals surface area contributed by atoms with Crippen molar-refractivity contribution in [2.45, 2.75) is 0 Å². The Morgan fingerprint density at radius 2 is 1.92 bits per heavy atom. The monoisotopic (exact) mass is 351 g/mol. The van der Waals surface area contributed by atoms with Gasteiger partial charge in [0.15, 0.2) is 0 Å². The third-order valence-electron chi connectivity index (χ3n) is 2.88. The van der Waals surface area contributed by atoms with Crippen molar-refractivity contribution < 1.29 is 18.4 Å². The Kier molecular flexibility index (Phi) is 5.97. The number of nitrogens with one attached hydrogen (secondary N) is 2. The summed E-state index contributed by atoms with van der Waals surface area (Å²) in [5, 5.41) is 6.02. The van der Waals surface area contributed by atoms with Crippen molar-refractivity contribution in [3.8, 4) is 0 Å². The van der Waals surface area contributed by atoms with E-state index in [1.54, 1.807) is 0 Å². The van der Waals surface area contributed by atoms with E-state index in [1.807, 2.05) is 0 Å². The summed E-state index contributed by atoms with van der Waals surface area (Å²) in [6.07, 6.45) is 1.06. The molecule has 0 aromatic heterocycles. The van der Waals surface area contributed by atoms with Crippen molar-refractivity contribution in [3.05, 3.63) is 70.2 Å². The first-order chi connectivity index (χ1) is 11.5. The van der Waals surface area contributed by atoms with Crippen LogP contribution in [0.3, 0.4) is 0 Å². The molecule has 24 heavy (non-hydrogen) atoms. The van der Waals surface area contributed by atoms with Gasteiger partial charge in [-0.3, -0.25) is 9.59 Å². The van der Waals surface area contributed by atoms with Crippen LogP contribution in [0.25, 0.3) is 0 Å². The zero-order chi connectivity index (χ0) is 17.5. The third kappa shape index (κ3) is 4.85. The lowest BCUT2D eigenvalue weighted by Crippen LogP contribution is -2.34. The van der Waals surface area contributed by atoms with E-state index >= 15 is 0 Å². The summed E-state index contributed by atoms with van der Waals surface area (Å²) >= 11 is 5.80. The SMILES string of the molecule is O=C(CNC(=O)c1cccc(F)c1)N/N=C\c1c(F)cccc1Cl. The molecule has 0 aliphatic carbocycles. The smallest absolute Gasteiger partial charge is 0.259 e. The van der Waals surface area contributed by atoms with Crippen LogP contribution in [0.5, 0.6) is 0 Å². The van der Waals surface area contributed by atoms with Gasteiger partial charge in [-0.2, -0.15) is 5.10 Å². The summed E-state index contributed by atoms with van der Waals surface area (Å²) < 4.78 is 26.5. The Balaban J connectivity index is 1.85. The van der Waals surface area contributed by atoms with Crippen LogP contribution in [0, 0.1) is 11.6 Å². The number of benzene rings is 2. The molecule has 0 spiro atoms. The fraction of sp³-hybridized carbons (Fsp3) is 0.0625. The Labute approximate surface area is 141 Å². The standard InChI is InChI=1S/C16H12ClF2N3O2/c17-13-5-2-6-14(19)12(13)8-21-22-15(23)9-20-16(24)10-3-1-4-11(18)7-10/h1-8H,9H2,(H,20,24)(H,22,23)/b21-8-. The highest BCUT2D eigenvalue weighted by atomic mass is 35.5. The summed E-state index contributed by atoms with van der Waals surface area (Å²) in [6, 6.07) is 9.16. The van der Waals surface area contributed by atoms with E-state index in [4.69, 9.17) is 11.6 Å². The average molecular weight is 352 g/mol. The van der Waals surface area contributed by atoms with Gasteiger partial charge < -0.3 is 5.32 Å². The first-order valence-electron chi connectivity index (χ1n) is 6.77. The molecule has 5 nitrogen and oxygen atoms in total. The molecule has 0 saturated carbocycles. The topological polar surface area (TPSA) is 70.6 Å². The van der Waals surface area contributed by atoms with Gasteiger partial charge in [-0.05, 0) is 30.3 Å². The molecule has 0 unspecified atom stereocenters. The van der Waals surface area contributed by atoms with Crippen LogP contribution < -0.4 is 10.7 Å². The van der Waals surface area contributed by atoms with Crippen LogP contribution in [0.15, 0.2) is 47.6 Å². The fourth-order valence-electron chi connectivity index (χ4n) is 1.73. The number of carbonyl (C=O) groups is 2. The second kappa shape index (κ2) is 8.16. The van der Waals surface area contributed by atoms with Gasteiger partial charge >= 0.3 is 0 Å². The molecule has 0 aliphatic heterocycles. The number of halogens is 3. The van der Waals surface area contributed by atoms with E-state index in [-0.39, 0.29) is 22.7 Å². The average Bonchev–Trinajstić information content (AvgIpc) is 2.55. The number of hydrazone groups is 1. The summed E-state index contributed by atoms with van der Waals surface area (Å²) in [4.78, 5) is 23.3. The summed E-state index contributed by atoms with van der Waals surface area (Å²) in [6.45, 7) is -0.377. The largest absolute Gasteiger partial charge is 0.343 e. The number of nitrogens with zero attached hydrogens (tertiary/aromatic N) is 1. The van der Waals surface area contributed by atoms with E-state index < -0.39 is 23.4 Å². The summed E-state index contributed by atoms with van der Waals surface area (Å²) in [7, 11) is 0. The Hall–Kier alpha value is -2.80. The van der Waals surface area contributed by atoms with E-state index in [0.29, 0.717) is 0 Å². The number of amides is 2. The van der Waals surface area contributed by atoms with E-state index in [1.165, 1.54) is 36.4 Å². The zero-order valence-electron chi connectivity index (χ0n) is 12.2. The second-order valence-corrected chi connectivity index (χ2v) is 5.03. The van der Waals surface area contributed by atoms with E-state index in [9.17, 15) is 18.4 Å². The molecule has 124 valence electrons. The molecule has 0 radical (unpaired) electrons. The number of rotatable bonds is 5. The lowest BCUT2D eigenvalue weighted by Gasteiger charge is -2.04. The lowest BCUT2D eigenvalue weighted by molar-refractivity contribution is -0.120. The molecule has 0 atom stereocenters. The summed E-state index contributed by atoms with van der Waals surface area (Å²) in [5.41, 5.74) is 2.24. The molecule has 2 rings (SSSR count). The molecule has 2 N–H and O–H groups in total. The molecule has 0 aliphatic rings. The predicted molar refractivity (Wildman–Crippen MR) is 85.9 cm³/mol. The van der Waals surface area contributed by atoms with Gasteiger partial charge in [-0.25, -0.2) is 14.2 Å². The highest BCUT2D eigenvalue weighted by Crippen LogP contribution is 2.16. The van der Waals surface area contributed by atoms with Crippen LogP contribution in [0.2, 0.25) is 5.02 Å². The van der Waals surface area contributed by atoms with E-state index in [0.717, 1.165) is 12.3 Å². The minimum Gasteiger partial charge on any atom is -0.343 e. The minimum absolute atomic E-state index is 0.0308. The van der Waals surface area contributed by atoms with Gasteiger partial charge in [0.25, 0.3) is 11.8 Å². The fourth-order valence-corrected chi connectivity index (χ4v) is 1.95. The molecule has 2 aromatic rings. The van der Waals surface area contributed by atoms with Gasteiger partial charge in [-0.15, -0.1) is 0 Å². The van der Waals surface area contributed by atoms with Crippen molar-refractivity contribution in [1.29, 1.82) is 0 Å². The van der Waals surface area contributed by atoms with Crippen LogP contribution in [0.1, 0.15) is 15.9 Å². The maximum absolute atomic E-state index is 13.5. The molecule has 0 heterocycles. The molecular weight excluding hydrogens is 340 g/mol. The lowest BCUT2D eigenvalue weighted by atomic mass is 10.2. The number of hydrogen-bond donors (Lipinski definition) is 2. The van der Waals surface area contributed by atoms with Crippen molar-refractivity contribution in [3.63, 3.8) is 0 Å².